The summed E-state index contributed by atoms with van der Waals surface area (Å²) in [6.07, 6.45) is -7.56. The molecule has 7 nitrogen and oxygen atoms in total. The number of hydrogen-bond donors (Lipinski definition) is 5. The first-order chi connectivity index (χ1) is 15.4. The van der Waals surface area contributed by atoms with E-state index in [9.17, 15) is 36.2 Å². The predicted octanol–water partition coefficient (Wildman–Crippen LogP) is 4.18. The second kappa shape index (κ2) is 8.94. The summed E-state index contributed by atoms with van der Waals surface area (Å²) in [6.45, 7) is 0. The van der Waals surface area contributed by atoms with Crippen LogP contribution in [0.5, 0.6) is 0 Å². The molecule has 13 heteroatoms. The zero-order chi connectivity index (χ0) is 24.4. The number of amides is 1. The van der Waals surface area contributed by atoms with Crippen LogP contribution in [-0.4, -0.2) is 28.4 Å². The number of hydrogen-bond acceptors (Lipinski definition) is 6. The molecule has 0 saturated carbocycles. The SMILES string of the molecule is N=C/C(C(=O)Nc1ccnc(C(F)(F)F)c1)=C(\Nc1cccc2c1C=CNC2O)C(F)(F)F. The topological polar surface area (TPSA) is 110 Å². The molecular formula is C20H15F6N5O2. The molecule has 0 fully saturated rings. The molecule has 1 aliphatic rings. The summed E-state index contributed by atoms with van der Waals surface area (Å²) >= 11 is 0. The van der Waals surface area contributed by atoms with Gasteiger partial charge in [0.15, 0.2) is 6.23 Å². The number of rotatable bonds is 5. The third kappa shape index (κ3) is 5.31. The molecular weight excluding hydrogens is 456 g/mol. The Morgan fingerprint density at radius 2 is 1.88 bits per heavy atom. The molecule has 0 saturated heterocycles. The molecule has 2 aromatic rings. The highest BCUT2D eigenvalue weighted by atomic mass is 19.4. The molecule has 0 radical (unpaired) electrons. The number of pyridine rings is 1. The van der Waals surface area contributed by atoms with Crippen molar-refractivity contribution < 1.29 is 36.2 Å². The van der Waals surface area contributed by atoms with Gasteiger partial charge in [-0.2, -0.15) is 26.3 Å². The summed E-state index contributed by atoms with van der Waals surface area (Å²) < 4.78 is 79.9. The number of carbonyl (C=O) groups excluding carboxylic acids is 1. The van der Waals surface area contributed by atoms with Crippen molar-refractivity contribution in [3.63, 3.8) is 0 Å². The van der Waals surface area contributed by atoms with Crippen LogP contribution in [0.25, 0.3) is 6.08 Å². The van der Waals surface area contributed by atoms with Crippen molar-refractivity contribution in [3.05, 3.63) is 70.8 Å². The van der Waals surface area contributed by atoms with Crippen LogP contribution in [0.3, 0.4) is 0 Å². The number of halogens is 6. The molecule has 0 spiro atoms. The number of aromatic nitrogens is 1. The highest BCUT2D eigenvalue weighted by Gasteiger charge is 2.39. The van der Waals surface area contributed by atoms with Crippen molar-refractivity contribution in [2.45, 2.75) is 18.6 Å². The van der Waals surface area contributed by atoms with Gasteiger partial charge in [-0.15, -0.1) is 0 Å². The number of nitrogens with zero attached hydrogens (tertiary/aromatic N) is 1. The number of alkyl halides is 6. The minimum atomic E-state index is -5.14. The molecule has 3 rings (SSSR count). The first-order valence-electron chi connectivity index (χ1n) is 9.09. The Morgan fingerprint density at radius 3 is 2.52 bits per heavy atom. The molecule has 0 aliphatic carbocycles. The van der Waals surface area contributed by atoms with E-state index in [1.165, 1.54) is 30.5 Å². The Kier molecular flexibility index (Phi) is 6.44. The molecule has 1 atom stereocenters. The molecule has 0 bridgehead atoms. The van der Waals surface area contributed by atoms with Gasteiger partial charge in [0.05, 0.1) is 5.57 Å². The van der Waals surface area contributed by atoms with Gasteiger partial charge in [0.1, 0.15) is 11.4 Å². The largest absolute Gasteiger partial charge is 0.433 e. The van der Waals surface area contributed by atoms with Crippen LogP contribution in [0, 0.1) is 5.41 Å². The van der Waals surface area contributed by atoms with Crippen LogP contribution in [0.1, 0.15) is 23.0 Å². The van der Waals surface area contributed by atoms with Gasteiger partial charge in [-0.25, -0.2) is 0 Å². The normalized spacial score (nSPS) is 16.3. The summed E-state index contributed by atoms with van der Waals surface area (Å²) in [5, 5.41) is 23.9. The van der Waals surface area contributed by atoms with Gasteiger partial charge in [-0.3, -0.25) is 9.78 Å². The number of anilines is 2. The maximum Gasteiger partial charge on any atom is 0.433 e. The van der Waals surface area contributed by atoms with E-state index in [4.69, 9.17) is 5.41 Å². The number of aliphatic hydroxyl groups excluding tert-OH is 1. The predicted molar refractivity (Wildman–Crippen MR) is 107 cm³/mol. The smallest absolute Gasteiger partial charge is 0.369 e. The maximum atomic E-state index is 13.8. The van der Waals surface area contributed by atoms with Gasteiger partial charge >= 0.3 is 12.4 Å². The van der Waals surface area contributed by atoms with Crippen LogP contribution >= 0.6 is 0 Å². The highest BCUT2D eigenvalue weighted by molar-refractivity contribution is 6.18. The molecule has 1 aliphatic heterocycles. The standard InChI is InChI=1S/C20H15F6N5O2/c21-19(22,23)15-8-10(4-6-28-15)30-18(33)13(9-27)16(20(24,25)26)31-14-3-1-2-12-11(14)5-7-29-17(12)32/h1-9,17,27,29,31-32H,(H,28,30,33)/b16-13+,27-9?. The number of aliphatic hydroxyl groups is 1. The van der Waals surface area contributed by atoms with Crippen LogP contribution in [0.15, 0.2) is 54.0 Å². The van der Waals surface area contributed by atoms with E-state index in [0.29, 0.717) is 6.07 Å². The molecule has 1 amide bonds. The number of carbonyl (C=O) groups is 1. The van der Waals surface area contributed by atoms with Crippen molar-refractivity contribution >= 4 is 29.6 Å². The quantitative estimate of drug-likeness (QED) is 0.255. The highest BCUT2D eigenvalue weighted by Crippen LogP contribution is 2.34. The van der Waals surface area contributed by atoms with E-state index < -0.39 is 47.1 Å². The fourth-order valence-electron chi connectivity index (χ4n) is 2.97. The average Bonchev–Trinajstić information content (AvgIpc) is 2.73. The van der Waals surface area contributed by atoms with Crippen molar-refractivity contribution in [1.82, 2.24) is 10.3 Å². The van der Waals surface area contributed by atoms with Gasteiger partial charge < -0.3 is 26.5 Å². The lowest BCUT2D eigenvalue weighted by atomic mass is 10.0. The Hall–Kier alpha value is -3.87. The summed E-state index contributed by atoms with van der Waals surface area (Å²) in [5.41, 5.74) is -4.26. The van der Waals surface area contributed by atoms with E-state index >= 15 is 0 Å². The average molecular weight is 471 g/mol. The van der Waals surface area contributed by atoms with E-state index in [2.05, 4.69) is 15.6 Å². The lowest BCUT2D eigenvalue weighted by molar-refractivity contribution is -0.141. The first kappa shape index (κ1) is 23.8. The number of benzene rings is 1. The zero-order valence-corrected chi connectivity index (χ0v) is 16.3. The monoisotopic (exact) mass is 471 g/mol. The van der Waals surface area contributed by atoms with E-state index in [1.807, 2.05) is 5.32 Å². The Balaban J connectivity index is 2.00. The van der Waals surface area contributed by atoms with Crippen LogP contribution < -0.4 is 16.0 Å². The lowest BCUT2D eigenvalue weighted by Crippen LogP contribution is -2.28. The van der Waals surface area contributed by atoms with Crippen molar-refractivity contribution in [2.24, 2.45) is 0 Å². The molecule has 1 unspecified atom stereocenters. The lowest BCUT2D eigenvalue weighted by Gasteiger charge is -2.23. The second-order valence-electron chi connectivity index (χ2n) is 6.65. The van der Waals surface area contributed by atoms with Gasteiger partial charge in [0.2, 0.25) is 0 Å². The van der Waals surface area contributed by atoms with Gasteiger partial charge in [0.25, 0.3) is 5.91 Å². The molecule has 1 aromatic carbocycles. The fraction of sp³-hybridized carbons (Fsp3) is 0.150. The first-order valence-corrected chi connectivity index (χ1v) is 9.09. The Bertz CT molecular complexity index is 1140. The zero-order valence-electron chi connectivity index (χ0n) is 16.3. The number of allylic oxidation sites excluding steroid dienone is 1. The van der Waals surface area contributed by atoms with Crippen molar-refractivity contribution in [2.75, 3.05) is 10.6 Å². The van der Waals surface area contributed by atoms with Crippen LogP contribution in [0.4, 0.5) is 37.7 Å². The van der Waals surface area contributed by atoms with E-state index in [0.717, 1.165) is 12.3 Å². The Labute approximate surface area is 182 Å². The van der Waals surface area contributed by atoms with Crippen LogP contribution in [-0.2, 0) is 11.0 Å². The van der Waals surface area contributed by atoms with Gasteiger partial charge in [-0.05, 0) is 30.5 Å². The van der Waals surface area contributed by atoms with Crippen LogP contribution in [0.2, 0.25) is 0 Å². The molecule has 174 valence electrons. The Morgan fingerprint density at radius 1 is 1.15 bits per heavy atom. The summed E-state index contributed by atoms with van der Waals surface area (Å²) in [4.78, 5) is 15.6. The summed E-state index contributed by atoms with van der Waals surface area (Å²) in [5.74, 6) is -1.47. The molecule has 33 heavy (non-hydrogen) atoms. The molecule has 1 aromatic heterocycles. The third-order valence-corrected chi connectivity index (χ3v) is 4.45. The van der Waals surface area contributed by atoms with Crippen molar-refractivity contribution in [1.29, 1.82) is 5.41 Å². The fourth-order valence-corrected chi connectivity index (χ4v) is 2.97. The second-order valence-corrected chi connectivity index (χ2v) is 6.65. The number of fused-ring (bicyclic) bond motifs is 1. The third-order valence-electron chi connectivity index (χ3n) is 4.45. The van der Waals surface area contributed by atoms with E-state index in [-0.39, 0.29) is 23.0 Å². The molecule has 2 heterocycles. The summed E-state index contributed by atoms with van der Waals surface area (Å²) in [7, 11) is 0. The van der Waals surface area contributed by atoms with E-state index in [1.54, 1.807) is 0 Å². The minimum absolute atomic E-state index is 0.118. The van der Waals surface area contributed by atoms with Gasteiger partial charge in [-0.1, -0.05) is 12.1 Å². The minimum Gasteiger partial charge on any atom is -0.369 e. The van der Waals surface area contributed by atoms with Gasteiger partial charge in [0, 0.05) is 34.9 Å². The van der Waals surface area contributed by atoms with Crippen molar-refractivity contribution in [3.8, 4) is 0 Å². The number of nitrogens with one attached hydrogen (secondary N) is 4. The maximum absolute atomic E-state index is 13.8. The molecule has 5 N–H and O–H groups in total. The summed E-state index contributed by atoms with van der Waals surface area (Å²) in [6, 6.07) is 5.53.